The molecule has 1 saturated carbocycles. The third-order valence-corrected chi connectivity index (χ3v) is 8.21. The summed E-state index contributed by atoms with van der Waals surface area (Å²) in [5.74, 6) is 2.76. The minimum absolute atomic E-state index is 0.112. The van der Waals surface area contributed by atoms with Crippen LogP contribution in [0.2, 0.25) is 0 Å². The Hall–Kier alpha value is -1.68. The zero-order chi connectivity index (χ0) is 20.6. The standard InChI is InChI=1S/C20H30N4O4S/c1-16-15-18(16)19-5-3-17(28-19)4-6-20(25)22-9-13-24(14-10-22)29(26,27)23-11-7-21(2)8-12-23/h3-6,16,18H,7-15H2,1-2H3. The summed E-state index contributed by atoms with van der Waals surface area (Å²) in [5, 5.41) is 0. The first kappa shape index (κ1) is 20.6. The fraction of sp³-hybridized carbons (Fsp3) is 0.650. The molecule has 2 saturated heterocycles. The van der Waals surface area contributed by atoms with E-state index in [1.165, 1.54) is 10.4 Å². The molecule has 0 N–H and O–H groups in total. The van der Waals surface area contributed by atoms with Gasteiger partial charge in [-0.05, 0) is 37.6 Å². The molecule has 0 bridgehead atoms. The molecule has 3 fully saturated rings. The SMILES string of the molecule is CC1CC1c1ccc(C=CC(=O)N2CCN(S(=O)(=O)N3CCN(C)CC3)CC2)o1. The molecule has 2 aliphatic heterocycles. The van der Waals surface area contributed by atoms with Crippen LogP contribution in [0.1, 0.15) is 30.8 Å². The number of carbonyl (C=O) groups excluding carboxylic acids is 1. The highest BCUT2D eigenvalue weighted by atomic mass is 32.2. The van der Waals surface area contributed by atoms with Crippen LogP contribution in [0.4, 0.5) is 0 Å². The van der Waals surface area contributed by atoms with Gasteiger partial charge in [-0.25, -0.2) is 0 Å². The van der Waals surface area contributed by atoms with E-state index in [1.807, 2.05) is 19.2 Å². The number of likely N-dealkylation sites (N-methyl/N-ethyl adjacent to an activating group) is 1. The van der Waals surface area contributed by atoms with Crippen molar-refractivity contribution in [3.05, 3.63) is 29.7 Å². The van der Waals surface area contributed by atoms with Crippen LogP contribution in [0.15, 0.2) is 22.6 Å². The number of hydrogen-bond acceptors (Lipinski definition) is 5. The number of nitrogens with zero attached hydrogens (tertiary/aromatic N) is 4. The van der Waals surface area contributed by atoms with Gasteiger partial charge in [0.25, 0.3) is 10.2 Å². The Labute approximate surface area is 172 Å². The molecule has 8 nitrogen and oxygen atoms in total. The molecule has 4 rings (SSSR count). The third kappa shape index (κ3) is 4.58. The molecule has 1 aliphatic carbocycles. The molecule has 1 amide bonds. The second-order valence-electron chi connectivity index (χ2n) is 8.33. The van der Waals surface area contributed by atoms with Gasteiger partial charge in [0, 0.05) is 64.4 Å². The summed E-state index contributed by atoms with van der Waals surface area (Å²) in [6, 6.07) is 3.88. The molecule has 3 aliphatic rings. The van der Waals surface area contributed by atoms with Crippen molar-refractivity contribution in [1.29, 1.82) is 0 Å². The minimum Gasteiger partial charge on any atom is -0.461 e. The Morgan fingerprint density at radius 3 is 2.21 bits per heavy atom. The molecular formula is C20H30N4O4S. The van der Waals surface area contributed by atoms with E-state index in [0.717, 1.165) is 25.3 Å². The van der Waals surface area contributed by atoms with Crippen LogP contribution in [0, 0.1) is 5.92 Å². The Kier molecular flexibility index (Phi) is 5.83. The molecule has 2 unspecified atom stereocenters. The monoisotopic (exact) mass is 422 g/mol. The number of rotatable bonds is 5. The Balaban J connectivity index is 1.28. The summed E-state index contributed by atoms with van der Waals surface area (Å²) in [4.78, 5) is 16.3. The van der Waals surface area contributed by atoms with Gasteiger partial charge < -0.3 is 14.2 Å². The summed E-state index contributed by atoms with van der Waals surface area (Å²) < 4.78 is 34.5. The average Bonchev–Trinajstić information content (AvgIpc) is 3.26. The fourth-order valence-electron chi connectivity index (χ4n) is 3.96. The highest BCUT2D eigenvalue weighted by Gasteiger charge is 2.36. The van der Waals surface area contributed by atoms with Crippen LogP contribution in [-0.2, 0) is 15.0 Å². The maximum absolute atomic E-state index is 12.8. The highest BCUT2D eigenvalue weighted by molar-refractivity contribution is 7.86. The van der Waals surface area contributed by atoms with Crippen LogP contribution in [0.5, 0.6) is 0 Å². The second-order valence-corrected chi connectivity index (χ2v) is 10.3. The zero-order valence-electron chi connectivity index (χ0n) is 17.2. The van der Waals surface area contributed by atoms with Gasteiger partial charge in [-0.15, -0.1) is 0 Å². The molecule has 2 atom stereocenters. The molecule has 0 aromatic carbocycles. The normalized spacial score (nSPS) is 27.6. The van der Waals surface area contributed by atoms with Gasteiger partial charge in [0.2, 0.25) is 5.91 Å². The first-order valence-electron chi connectivity index (χ1n) is 10.3. The molecule has 29 heavy (non-hydrogen) atoms. The van der Waals surface area contributed by atoms with E-state index >= 15 is 0 Å². The summed E-state index contributed by atoms with van der Waals surface area (Å²) in [6.07, 6.45) is 4.38. The van der Waals surface area contributed by atoms with E-state index in [2.05, 4.69) is 11.8 Å². The Morgan fingerprint density at radius 1 is 1.03 bits per heavy atom. The van der Waals surface area contributed by atoms with Crippen molar-refractivity contribution in [3.63, 3.8) is 0 Å². The Morgan fingerprint density at radius 2 is 1.62 bits per heavy atom. The van der Waals surface area contributed by atoms with Gasteiger partial charge >= 0.3 is 0 Å². The maximum Gasteiger partial charge on any atom is 0.282 e. The fourth-order valence-corrected chi connectivity index (χ4v) is 5.53. The molecule has 9 heteroatoms. The number of furan rings is 1. The van der Waals surface area contributed by atoms with Crippen molar-refractivity contribution in [1.82, 2.24) is 18.4 Å². The Bertz CT molecular complexity index is 865. The number of carbonyl (C=O) groups is 1. The minimum atomic E-state index is -3.45. The van der Waals surface area contributed by atoms with E-state index in [1.54, 1.807) is 15.3 Å². The summed E-state index contributed by atoms with van der Waals surface area (Å²) >= 11 is 0. The number of piperazine rings is 2. The van der Waals surface area contributed by atoms with Crippen LogP contribution in [0.25, 0.3) is 6.08 Å². The lowest BCUT2D eigenvalue weighted by atomic mass is 10.3. The van der Waals surface area contributed by atoms with Gasteiger partial charge in [-0.2, -0.15) is 17.0 Å². The zero-order valence-corrected chi connectivity index (χ0v) is 18.0. The van der Waals surface area contributed by atoms with E-state index < -0.39 is 10.2 Å². The van der Waals surface area contributed by atoms with Gasteiger partial charge in [0.05, 0.1) is 0 Å². The second kappa shape index (κ2) is 8.22. The quantitative estimate of drug-likeness (QED) is 0.663. The lowest BCUT2D eigenvalue weighted by Gasteiger charge is -2.38. The van der Waals surface area contributed by atoms with Crippen molar-refractivity contribution in [2.24, 2.45) is 5.92 Å². The first-order valence-corrected chi connectivity index (χ1v) is 11.7. The molecule has 0 radical (unpaired) electrons. The van der Waals surface area contributed by atoms with Crippen molar-refractivity contribution in [3.8, 4) is 0 Å². The largest absolute Gasteiger partial charge is 0.461 e. The van der Waals surface area contributed by atoms with Crippen LogP contribution in [-0.4, -0.2) is 92.1 Å². The van der Waals surface area contributed by atoms with Gasteiger partial charge in [-0.3, -0.25) is 4.79 Å². The van der Waals surface area contributed by atoms with Crippen molar-refractivity contribution in [2.75, 3.05) is 59.4 Å². The van der Waals surface area contributed by atoms with Crippen molar-refractivity contribution in [2.45, 2.75) is 19.3 Å². The lowest BCUT2D eigenvalue weighted by Crippen LogP contribution is -2.57. The van der Waals surface area contributed by atoms with Crippen molar-refractivity contribution < 1.29 is 17.6 Å². The smallest absolute Gasteiger partial charge is 0.282 e. The number of amides is 1. The van der Waals surface area contributed by atoms with Gasteiger partial charge in [0.1, 0.15) is 11.5 Å². The van der Waals surface area contributed by atoms with Gasteiger partial charge in [-0.1, -0.05) is 6.92 Å². The molecular weight excluding hydrogens is 392 g/mol. The average molecular weight is 423 g/mol. The maximum atomic E-state index is 12.8. The first-order chi connectivity index (χ1) is 13.8. The molecule has 160 valence electrons. The molecule has 1 aromatic rings. The topological polar surface area (TPSA) is 77.3 Å². The van der Waals surface area contributed by atoms with E-state index in [4.69, 9.17) is 4.42 Å². The van der Waals surface area contributed by atoms with E-state index in [0.29, 0.717) is 56.9 Å². The highest BCUT2D eigenvalue weighted by Crippen LogP contribution is 2.47. The third-order valence-electron chi connectivity index (χ3n) is 6.18. The van der Waals surface area contributed by atoms with Gasteiger partial charge in [0.15, 0.2) is 0 Å². The number of hydrogen-bond donors (Lipinski definition) is 0. The van der Waals surface area contributed by atoms with Crippen molar-refractivity contribution >= 4 is 22.2 Å². The predicted molar refractivity (Wildman–Crippen MR) is 110 cm³/mol. The molecule has 3 heterocycles. The predicted octanol–water partition coefficient (Wildman–Crippen LogP) is 1.05. The lowest BCUT2D eigenvalue weighted by molar-refractivity contribution is -0.127. The summed E-state index contributed by atoms with van der Waals surface area (Å²) in [7, 11) is -1.45. The van der Waals surface area contributed by atoms with Crippen LogP contribution >= 0.6 is 0 Å². The van der Waals surface area contributed by atoms with E-state index in [9.17, 15) is 13.2 Å². The van der Waals surface area contributed by atoms with Crippen LogP contribution < -0.4 is 0 Å². The van der Waals surface area contributed by atoms with E-state index in [-0.39, 0.29) is 5.91 Å². The summed E-state index contributed by atoms with van der Waals surface area (Å²) in [6.45, 7) is 6.20. The van der Waals surface area contributed by atoms with Crippen LogP contribution in [0.3, 0.4) is 0 Å². The summed E-state index contributed by atoms with van der Waals surface area (Å²) in [5.41, 5.74) is 0. The molecule has 0 spiro atoms. The molecule has 1 aromatic heterocycles.